The van der Waals surface area contributed by atoms with Crippen LogP contribution in [0.25, 0.3) is 17.2 Å². The highest BCUT2D eigenvalue weighted by atomic mass is 19.1. The first-order valence-corrected chi connectivity index (χ1v) is 11.0. The van der Waals surface area contributed by atoms with Gasteiger partial charge in [-0.15, -0.1) is 10.2 Å². The Morgan fingerprint density at radius 1 is 1.18 bits per heavy atom. The third-order valence-electron chi connectivity index (χ3n) is 5.28. The quantitative estimate of drug-likeness (QED) is 0.585. The first-order valence-electron chi connectivity index (χ1n) is 11.0. The molecule has 0 unspecified atom stereocenters. The van der Waals surface area contributed by atoms with Gasteiger partial charge in [-0.1, -0.05) is 12.1 Å². The minimum atomic E-state index is -0.558. The zero-order chi connectivity index (χ0) is 23.6. The van der Waals surface area contributed by atoms with Gasteiger partial charge in [0.25, 0.3) is 0 Å². The Kier molecular flexibility index (Phi) is 6.31. The highest BCUT2D eigenvalue weighted by Gasteiger charge is 2.37. The molecule has 0 spiro atoms. The van der Waals surface area contributed by atoms with Crippen LogP contribution < -0.4 is 10.1 Å². The van der Waals surface area contributed by atoms with Crippen molar-refractivity contribution in [2.45, 2.75) is 58.1 Å². The second-order valence-corrected chi connectivity index (χ2v) is 8.99. The number of carbonyl (C=O) groups is 1. The van der Waals surface area contributed by atoms with Gasteiger partial charge >= 0.3 is 6.09 Å². The van der Waals surface area contributed by atoms with Crippen molar-refractivity contribution in [3.05, 3.63) is 54.2 Å². The van der Waals surface area contributed by atoms with Crippen LogP contribution in [0.5, 0.6) is 5.75 Å². The summed E-state index contributed by atoms with van der Waals surface area (Å²) in [6, 6.07) is 10.0. The number of para-hydroxylation sites is 1. The molecule has 1 amide bonds. The predicted molar refractivity (Wildman–Crippen MR) is 121 cm³/mol. The number of alkyl carbamates (subject to hydrolysis) is 1. The van der Waals surface area contributed by atoms with E-state index in [0.29, 0.717) is 48.2 Å². The summed E-state index contributed by atoms with van der Waals surface area (Å²) in [5.74, 6) is 1.35. The van der Waals surface area contributed by atoms with Crippen LogP contribution in [-0.2, 0) is 4.74 Å². The Morgan fingerprint density at radius 2 is 1.94 bits per heavy atom. The summed E-state index contributed by atoms with van der Waals surface area (Å²) in [7, 11) is 0. The lowest BCUT2D eigenvalue weighted by Crippen LogP contribution is -2.45. The van der Waals surface area contributed by atoms with E-state index < -0.39 is 11.7 Å². The molecule has 0 saturated heterocycles. The van der Waals surface area contributed by atoms with Crippen molar-refractivity contribution in [2.24, 2.45) is 0 Å². The van der Waals surface area contributed by atoms with Crippen molar-refractivity contribution in [1.29, 1.82) is 0 Å². The molecule has 8 nitrogen and oxygen atoms in total. The number of nitrogens with zero attached hydrogens (tertiary/aromatic N) is 4. The van der Waals surface area contributed by atoms with Crippen molar-refractivity contribution in [3.8, 4) is 23.0 Å². The summed E-state index contributed by atoms with van der Waals surface area (Å²) in [4.78, 5) is 16.5. The number of aromatic nitrogens is 4. The van der Waals surface area contributed by atoms with Crippen LogP contribution in [0.1, 0.15) is 52.3 Å². The van der Waals surface area contributed by atoms with Gasteiger partial charge in [-0.3, -0.25) is 4.57 Å². The van der Waals surface area contributed by atoms with Gasteiger partial charge in [-0.25, -0.2) is 14.2 Å². The third-order valence-corrected chi connectivity index (χ3v) is 5.28. The average molecular weight is 454 g/mol. The highest BCUT2D eigenvalue weighted by molar-refractivity contribution is 5.68. The number of benzene rings is 1. The molecule has 1 fully saturated rings. The lowest BCUT2D eigenvalue weighted by molar-refractivity contribution is 0.0469. The van der Waals surface area contributed by atoms with E-state index in [4.69, 9.17) is 9.47 Å². The van der Waals surface area contributed by atoms with Crippen molar-refractivity contribution < 1.29 is 18.7 Å². The van der Waals surface area contributed by atoms with E-state index in [-0.39, 0.29) is 17.8 Å². The first kappa shape index (κ1) is 22.7. The van der Waals surface area contributed by atoms with Gasteiger partial charge < -0.3 is 14.8 Å². The van der Waals surface area contributed by atoms with E-state index in [9.17, 15) is 9.18 Å². The molecule has 1 N–H and O–H groups in total. The molecule has 0 radical (unpaired) electrons. The number of halogens is 1. The molecule has 1 saturated carbocycles. The molecule has 174 valence electrons. The van der Waals surface area contributed by atoms with E-state index in [1.165, 1.54) is 6.07 Å². The maximum Gasteiger partial charge on any atom is 0.407 e. The van der Waals surface area contributed by atoms with Crippen LogP contribution in [0.3, 0.4) is 0 Å². The minimum Gasteiger partial charge on any atom is -0.492 e. The lowest BCUT2D eigenvalue weighted by atomic mass is 9.79. The zero-order valence-electron chi connectivity index (χ0n) is 19.2. The van der Waals surface area contributed by atoms with Gasteiger partial charge in [0.2, 0.25) is 0 Å². The molecular weight excluding hydrogens is 425 g/mol. The van der Waals surface area contributed by atoms with E-state index in [1.54, 1.807) is 41.1 Å². The summed E-state index contributed by atoms with van der Waals surface area (Å²) in [5, 5.41) is 11.6. The lowest BCUT2D eigenvalue weighted by Gasteiger charge is -2.35. The van der Waals surface area contributed by atoms with Crippen LogP contribution in [0, 0.1) is 5.82 Å². The Balaban J connectivity index is 1.59. The number of rotatable bonds is 6. The van der Waals surface area contributed by atoms with Crippen molar-refractivity contribution in [2.75, 3.05) is 6.61 Å². The standard InChI is InChI=1S/C24H28FN5O3/c1-5-32-17-10-11-19(26-14-17)22-29-28-21(30(22)20-9-7-6-8-18(20)25)15-12-16(13-15)27-23(31)33-24(2,3)4/h6-11,14-16H,5,12-13H2,1-4H3,(H,27,31). The molecule has 0 aliphatic heterocycles. The smallest absolute Gasteiger partial charge is 0.407 e. The molecular formula is C24H28FN5O3. The summed E-state index contributed by atoms with van der Waals surface area (Å²) in [6.07, 6.45) is 2.48. The number of hydrogen-bond donors (Lipinski definition) is 1. The maximum atomic E-state index is 14.8. The molecule has 2 heterocycles. The van der Waals surface area contributed by atoms with Crippen LogP contribution in [0.4, 0.5) is 9.18 Å². The summed E-state index contributed by atoms with van der Waals surface area (Å²) in [5.41, 5.74) is 0.354. The first-order chi connectivity index (χ1) is 15.7. The maximum absolute atomic E-state index is 14.8. The Hall–Kier alpha value is -3.49. The second kappa shape index (κ2) is 9.17. The van der Waals surface area contributed by atoms with Crippen LogP contribution in [0.15, 0.2) is 42.6 Å². The van der Waals surface area contributed by atoms with Crippen molar-refractivity contribution in [3.63, 3.8) is 0 Å². The summed E-state index contributed by atoms with van der Waals surface area (Å²) < 4.78 is 27.3. The molecule has 1 aliphatic carbocycles. The topological polar surface area (TPSA) is 91.2 Å². The SMILES string of the molecule is CCOc1ccc(-c2nnc(C3CC(NC(=O)OC(C)(C)C)C3)n2-c2ccccc2F)nc1. The van der Waals surface area contributed by atoms with Crippen LogP contribution >= 0.6 is 0 Å². The van der Waals surface area contributed by atoms with Gasteiger partial charge in [-0.2, -0.15) is 0 Å². The normalized spacial score (nSPS) is 17.8. The van der Waals surface area contributed by atoms with Crippen molar-refractivity contribution >= 4 is 6.09 Å². The molecule has 1 aliphatic rings. The zero-order valence-corrected chi connectivity index (χ0v) is 19.2. The fourth-order valence-electron chi connectivity index (χ4n) is 3.78. The van der Waals surface area contributed by atoms with Gasteiger partial charge in [0.05, 0.1) is 18.5 Å². The van der Waals surface area contributed by atoms with Gasteiger partial charge in [-0.05, 0) is 64.8 Å². The number of carbonyl (C=O) groups excluding carboxylic acids is 1. The fourth-order valence-corrected chi connectivity index (χ4v) is 3.78. The van der Waals surface area contributed by atoms with Crippen molar-refractivity contribution in [1.82, 2.24) is 25.1 Å². The predicted octanol–water partition coefficient (Wildman–Crippen LogP) is 4.64. The Labute approximate surface area is 192 Å². The number of nitrogens with one attached hydrogen (secondary N) is 1. The van der Waals surface area contributed by atoms with Gasteiger partial charge in [0.15, 0.2) is 5.82 Å². The van der Waals surface area contributed by atoms with E-state index in [1.807, 2.05) is 27.7 Å². The minimum absolute atomic E-state index is 0.00786. The van der Waals surface area contributed by atoms with Crippen LogP contribution in [-0.4, -0.2) is 44.1 Å². The molecule has 2 aromatic heterocycles. The van der Waals surface area contributed by atoms with Gasteiger partial charge in [0, 0.05) is 12.0 Å². The molecule has 9 heteroatoms. The largest absolute Gasteiger partial charge is 0.492 e. The van der Waals surface area contributed by atoms with Crippen LogP contribution in [0.2, 0.25) is 0 Å². The average Bonchev–Trinajstić information content (AvgIpc) is 3.14. The summed E-state index contributed by atoms with van der Waals surface area (Å²) >= 11 is 0. The number of pyridine rings is 1. The Morgan fingerprint density at radius 3 is 2.58 bits per heavy atom. The molecule has 33 heavy (non-hydrogen) atoms. The van der Waals surface area contributed by atoms with E-state index in [0.717, 1.165) is 0 Å². The number of hydrogen-bond acceptors (Lipinski definition) is 6. The molecule has 0 atom stereocenters. The molecule has 1 aromatic carbocycles. The molecule has 4 rings (SSSR count). The second-order valence-electron chi connectivity index (χ2n) is 8.99. The Bertz CT molecular complexity index is 1120. The summed E-state index contributed by atoms with van der Waals surface area (Å²) in [6.45, 7) is 7.91. The van der Waals surface area contributed by atoms with E-state index >= 15 is 0 Å². The monoisotopic (exact) mass is 453 g/mol. The highest BCUT2D eigenvalue weighted by Crippen LogP contribution is 2.39. The number of ether oxygens (including phenoxy) is 2. The molecule has 0 bridgehead atoms. The third kappa shape index (κ3) is 5.13. The molecule has 3 aromatic rings. The number of amides is 1. The van der Waals surface area contributed by atoms with Gasteiger partial charge in [0.1, 0.15) is 28.7 Å². The van der Waals surface area contributed by atoms with E-state index in [2.05, 4.69) is 20.5 Å². The fraction of sp³-hybridized carbons (Fsp3) is 0.417.